The van der Waals surface area contributed by atoms with Crippen LogP contribution in [-0.4, -0.2) is 63.4 Å². The van der Waals surface area contributed by atoms with Crippen LogP contribution in [0.25, 0.3) is 0 Å². The van der Waals surface area contributed by atoms with Gasteiger partial charge in [-0.2, -0.15) is 5.10 Å². The molecule has 156 valence electrons. The van der Waals surface area contributed by atoms with Crippen molar-refractivity contribution in [2.24, 2.45) is 0 Å². The highest BCUT2D eigenvalue weighted by Gasteiger charge is 2.40. The average Bonchev–Trinajstić information content (AvgIpc) is 3.33. The fraction of sp³-hybridized carbons (Fsp3) is 0.667. The molecule has 2 aliphatic heterocycles. The quantitative estimate of drug-likeness (QED) is 0.786. The van der Waals surface area contributed by atoms with E-state index >= 15 is 0 Å². The zero-order valence-corrected chi connectivity index (χ0v) is 17.3. The molecule has 2 aromatic rings. The van der Waals surface area contributed by atoms with Crippen molar-refractivity contribution in [3.63, 3.8) is 0 Å². The second kappa shape index (κ2) is 7.25. The van der Waals surface area contributed by atoms with Crippen molar-refractivity contribution < 1.29 is 14.1 Å². The van der Waals surface area contributed by atoms with Crippen LogP contribution < -0.4 is 0 Å². The molecule has 0 bridgehead atoms. The van der Waals surface area contributed by atoms with E-state index in [1.165, 1.54) is 18.4 Å². The minimum Gasteiger partial charge on any atom is -0.367 e. The van der Waals surface area contributed by atoms with Gasteiger partial charge >= 0.3 is 0 Å². The number of ether oxygens (including phenoxy) is 1. The van der Waals surface area contributed by atoms with Crippen LogP contribution in [0.3, 0.4) is 0 Å². The third-order valence-corrected chi connectivity index (χ3v) is 6.63. The Morgan fingerprint density at radius 1 is 1.24 bits per heavy atom. The summed E-state index contributed by atoms with van der Waals surface area (Å²) in [5, 5.41) is 8.92. The van der Waals surface area contributed by atoms with Crippen molar-refractivity contribution in [3.8, 4) is 0 Å². The molecule has 8 heteroatoms. The molecule has 0 atom stereocenters. The monoisotopic (exact) mass is 399 g/mol. The molecule has 0 aromatic carbocycles. The molecule has 1 amide bonds. The van der Waals surface area contributed by atoms with Crippen LogP contribution in [-0.2, 0) is 37.3 Å². The Morgan fingerprint density at radius 3 is 2.83 bits per heavy atom. The summed E-state index contributed by atoms with van der Waals surface area (Å²) in [5.41, 5.74) is 3.78. The summed E-state index contributed by atoms with van der Waals surface area (Å²) in [6.07, 6.45) is 6.51. The number of nitrogens with zero attached hydrogens (tertiary/aromatic N) is 5. The highest BCUT2D eigenvalue weighted by atomic mass is 16.5. The number of piperidine rings is 1. The lowest BCUT2D eigenvalue weighted by Gasteiger charge is -2.43. The summed E-state index contributed by atoms with van der Waals surface area (Å²) in [5.74, 6) is 1.04. The van der Waals surface area contributed by atoms with Crippen molar-refractivity contribution >= 4 is 5.91 Å². The van der Waals surface area contributed by atoms with Crippen LogP contribution in [0.5, 0.6) is 0 Å². The smallest absolute Gasteiger partial charge is 0.273 e. The molecule has 8 nitrogen and oxygen atoms in total. The van der Waals surface area contributed by atoms with Gasteiger partial charge in [0.25, 0.3) is 5.91 Å². The Balaban J connectivity index is 1.23. The number of aromatic nitrogens is 3. The van der Waals surface area contributed by atoms with E-state index in [2.05, 4.69) is 15.2 Å². The maximum absolute atomic E-state index is 12.2. The van der Waals surface area contributed by atoms with E-state index < -0.39 is 0 Å². The number of hydrogen-bond donors (Lipinski definition) is 0. The fourth-order valence-corrected chi connectivity index (χ4v) is 4.79. The Bertz CT molecular complexity index is 908. The van der Waals surface area contributed by atoms with Gasteiger partial charge in [0, 0.05) is 45.7 Å². The molecule has 0 N–H and O–H groups in total. The maximum Gasteiger partial charge on any atom is 0.273 e. The second-order valence-corrected chi connectivity index (χ2v) is 8.86. The Kier molecular flexibility index (Phi) is 4.70. The van der Waals surface area contributed by atoms with Gasteiger partial charge in [0.2, 0.25) is 0 Å². The first kappa shape index (κ1) is 18.8. The van der Waals surface area contributed by atoms with Crippen molar-refractivity contribution in [2.45, 2.75) is 63.8 Å². The summed E-state index contributed by atoms with van der Waals surface area (Å²) < 4.78 is 13.9. The number of hydrogen-bond acceptors (Lipinski definition) is 6. The summed E-state index contributed by atoms with van der Waals surface area (Å²) in [4.78, 5) is 16.2. The van der Waals surface area contributed by atoms with Gasteiger partial charge in [-0.3, -0.25) is 14.4 Å². The summed E-state index contributed by atoms with van der Waals surface area (Å²) in [7, 11) is 3.50. The van der Waals surface area contributed by atoms with E-state index in [1.807, 2.05) is 10.7 Å². The highest BCUT2D eigenvalue weighted by molar-refractivity contribution is 5.92. The molecule has 1 aliphatic carbocycles. The van der Waals surface area contributed by atoms with Gasteiger partial charge in [-0.05, 0) is 38.2 Å². The minimum absolute atomic E-state index is 0.0632. The second-order valence-electron chi connectivity index (χ2n) is 8.86. The normalized spacial score (nSPS) is 21.0. The number of rotatable bonds is 3. The maximum atomic E-state index is 12.2. The molecule has 29 heavy (non-hydrogen) atoms. The Hall–Kier alpha value is -2.19. The zero-order valence-electron chi connectivity index (χ0n) is 17.3. The summed E-state index contributed by atoms with van der Waals surface area (Å²) in [6.45, 7) is 4.05. The van der Waals surface area contributed by atoms with Gasteiger partial charge in [0.15, 0.2) is 5.69 Å². The lowest BCUT2D eigenvalue weighted by molar-refractivity contribution is -0.124. The van der Waals surface area contributed by atoms with Crippen LogP contribution >= 0.6 is 0 Å². The fourth-order valence-electron chi connectivity index (χ4n) is 4.79. The van der Waals surface area contributed by atoms with Gasteiger partial charge in [0.05, 0.1) is 24.4 Å². The Labute approximate surface area is 170 Å². The molecule has 3 aliphatic rings. The molecule has 1 spiro atoms. The minimum atomic E-state index is -0.183. The molecule has 1 saturated heterocycles. The molecular formula is C21H29N5O3. The zero-order chi connectivity index (χ0) is 20.0. The van der Waals surface area contributed by atoms with Gasteiger partial charge in [-0.25, -0.2) is 0 Å². The number of carbonyl (C=O) groups is 1. The topological polar surface area (TPSA) is 76.6 Å². The molecule has 4 heterocycles. The van der Waals surface area contributed by atoms with Crippen molar-refractivity contribution in [2.75, 3.05) is 27.2 Å². The van der Waals surface area contributed by atoms with Crippen LogP contribution in [0, 0.1) is 0 Å². The van der Waals surface area contributed by atoms with E-state index in [9.17, 15) is 4.79 Å². The summed E-state index contributed by atoms with van der Waals surface area (Å²) >= 11 is 0. The van der Waals surface area contributed by atoms with E-state index in [0.29, 0.717) is 12.3 Å². The average molecular weight is 399 g/mol. The first-order chi connectivity index (χ1) is 14.0. The number of amides is 1. The van der Waals surface area contributed by atoms with Crippen molar-refractivity contribution in [1.29, 1.82) is 0 Å². The predicted octanol–water partition coefficient (Wildman–Crippen LogP) is 2.02. The van der Waals surface area contributed by atoms with E-state index in [4.69, 9.17) is 9.26 Å². The molecule has 0 radical (unpaired) electrons. The third kappa shape index (κ3) is 3.48. The lowest BCUT2D eigenvalue weighted by atomic mass is 9.89. The van der Waals surface area contributed by atoms with Gasteiger partial charge < -0.3 is 14.2 Å². The first-order valence-corrected chi connectivity index (χ1v) is 10.6. The molecule has 5 rings (SSSR count). The lowest BCUT2D eigenvalue weighted by Crippen LogP contribution is -2.50. The summed E-state index contributed by atoms with van der Waals surface area (Å²) in [6, 6.07) is 1.86. The number of fused-ring (bicyclic) bond motifs is 2. The van der Waals surface area contributed by atoms with Crippen LogP contribution in [0.1, 0.15) is 58.9 Å². The van der Waals surface area contributed by atoms with Crippen LogP contribution in [0.4, 0.5) is 0 Å². The van der Waals surface area contributed by atoms with E-state index in [0.717, 1.165) is 69.0 Å². The van der Waals surface area contributed by atoms with Crippen LogP contribution in [0.15, 0.2) is 10.6 Å². The van der Waals surface area contributed by atoms with Crippen molar-refractivity contribution in [1.82, 2.24) is 24.7 Å². The van der Waals surface area contributed by atoms with Crippen molar-refractivity contribution in [3.05, 3.63) is 34.5 Å². The number of aryl methyl sites for hydroxylation is 1. The van der Waals surface area contributed by atoms with E-state index in [-0.39, 0.29) is 11.5 Å². The first-order valence-electron chi connectivity index (χ1n) is 10.6. The highest BCUT2D eigenvalue weighted by Crippen LogP contribution is 2.34. The van der Waals surface area contributed by atoms with Gasteiger partial charge in [-0.1, -0.05) is 5.16 Å². The number of likely N-dealkylation sites (tertiary alicyclic amines) is 1. The molecular weight excluding hydrogens is 370 g/mol. The van der Waals surface area contributed by atoms with Gasteiger partial charge in [0.1, 0.15) is 11.5 Å². The Morgan fingerprint density at radius 2 is 2.03 bits per heavy atom. The molecule has 0 unspecified atom stereocenters. The largest absolute Gasteiger partial charge is 0.367 e. The SMILES string of the molecule is CN(C)C(=O)c1cc2n(n1)CC1(CCN(Cc3noc4c3CCCC4)CC1)OC2. The van der Waals surface area contributed by atoms with E-state index in [1.54, 1.807) is 19.0 Å². The standard InChI is InChI=1S/C21H29N5O3/c1-24(2)20(27)17-11-15-13-28-21(14-26(15)22-17)7-9-25(10-8-21)12-18-16-5-3-4-6-19(16)29-23-18/h11H,3-10,12-14H2,1-2H3. The van der Waals surface area contributed by atoms with Crippen LogP contribution in [0.2, 0.25) is 0 Å². The predicted molar refractivity (Wildman–Crippen MR) is 105 cm³/mol. The molecule has 2 aromatic heterocycles. The molecule has 0 saturated carbocycles. The molecule has 1 fully saturated rings. The van der Waals surface area contributed by atoms with Gasteiger partial charge in [-0.15, -0.1) is 0 Å². The third-order valence-electron chi connectivity index (χ3n) is 6.63. The number of carbonyl (C=O) groups excluding carboxylic acids is 1.